The van der Waals surface area contributed by atoms with Crippen LogP contribution in [-0.2, 0) is 67.7 Å². The first kappa shape index (κ1) is 87.0. The Balaban J connectivity index is 1.17. The molecule has 0 unspecified atom stereocenters. The number of azo groups is 1. The smallest absolute Gasteiger partial charge is 0.322 e. The van der Waals surface area contributed by atoms with Crippen LogP contribution in [0.1, 0.15) is 122 Å². The van der Waals surface area contributed by atoms with Gasteiger partial charge in [-0.05, 0) is 132 Å². The van der Waals surface area contributed by atoms with Gasteiger partial charge in [0.25, 0.3) is 16.0 Å². The lowest BCUT2D eigenvalue weighted by Gasteiger charge is -2.24. The number of carbonyl (C=O) groups excluding carboxylic acids is 12. The Morgan fingerprint density at radius 2 is 1.14 bits per heavy atom. The number of fused-ring (bicyclic) bond motifs is 1. The Bertz CT molecular complexity index is 3800. The Labute approximate surface area is 608 Å². The summed E-state index contributed by atoms with van der Waals surface area (Å²) >= 11 is 1.43. The number of aliphatic hydroxyl groups excluding tert-OH is 2. The van der Waals surface area contributed by atoms with E-state index in [0.29, 0.717) is 53.2 Å². The van der Waals surface area contributed by atoms with Gasteiger partial charge in [0.2, 0.25) is 35.4 Å². The van der Waals surface area contributed by atoms with Crippen molar-refractivity contribution in [3.63, 3.8) is 0 Å². The third-order valence-electron chi connectivity index (χ3n) is 17.1. The maximum atomic E-state index is 13.5. The molecule has 0 saturated heterocycles. The summed E-state index contributed by atoms with van der Waals surface area (Å²) in [7, 11) is -0.636. The van der Waals surface area contributed by atoms with E-state index in [1.807, 2.05) is 49.5 Å². The van der Waals surface area contributed by atoms with E-state index in [0.717, 1.165) is 5.69 Å². The molecule has 0 saturated carbocycles. The summed E-state index contributed by atoms with van der Waals surface area (Å²) in [5.74, 6) is -13.5. The number of aliphatic hydroxyl groups is 2. The summed E-state index contributed by atoms with van der Waals surface area (Å²) in [5.41, 5.74) is 9.46. The van der Waals surface area contributed by atoms with Crippen LogP contribution in [0, 0.1) is 23.7 Å². The van der Waals surface area contributed by atoms with Crippen LogP contribution in [0.25, 0.3) is 10.8 Å². The van der Waals surface area contributed by atoms with Gasteiger partial charge in [0.15, 0.2) is 23.1 Å². The Kier molecular flexibility index (Phi) is 36.5. The molecule has 0 aliphatic rings. The first-order valence-corrected chi connectivity index (χ1v) is 36.9. The number of benzene rings is 4. The number of hydrogen-bond donors (Lipinski definition) is 13. The third-order valence-corrected chi connectivity index (χ3v) is 18.7. The Hall–Kier alpha value is -9.41. The molecule has 10 atom stereocenters. The summed E-state index contributed by atoms with van der Waals surface area (Å²) in [6.45, 7) is 5.45. The Morgan fingerprint density at radius 3 is 1.75 bits per heavy atom. The van der Waals surface area contributed by atoms with E-state index in [1.54, 1.807) is 42.5 Å². The molecule has 0 spiro atoms. The van der Waals surface area contributed by atoms with Gasteiger partial charge < -0.3 is 68.5 Å². The van der Waals surface area contributed by atoms with Crippen molar-refractivity contribution in [1.29, 1.82) is 0 Å². The van der Waals surface area contributed by atoms with Gasteiger partial charge in [-0.15, -0.1) is 0 Å². The van der Waals surface area contributed by atoms with Crippen molar-refractivity contribution in [2.45, 2.75) is 153 Å². The van der Waals surface area contributed by atoms with Gasteiger partial charge in [0.1, 0.15) is 23.3 Å². The molecule has 0 aromatic heterocycles. The van der Waals surface area contributed by atoms with Crippen molar-refractivity contribution >= 4 is 132 Å². The van der Waals surface area contributed by atoms with Crippen LogP contribution in [0.3, 0.4) is 0 Å². The zero-order chi connectivity index (χ0) is 77.4. The van der Waals surface area contributed by atoms with Gasteiger partial charge >= 0.3 is 5.97 Å². The molecule has 0 bridgehead atoms. The van der Waals surface area contributed by atoms with Crippen LogP contribution in [0.4, 0.5) is 22.7 Å². The highest BCUT2D eigenvalue weighted by molar-refractivity contribution is 7.98. The minimum absolute atomic E-state index is 0.0509. The van der Waals surface area contributed by atoms with Crippen LogP contribution >= 0.6 is 11.8 Å². The Morgan fingerprint density at radius 1 is 0.567 bits per heavy atom. The van der Waals surface area contributed by atoms with E-state index in [1.165, 1.54) is 64.6 Å². The van der Waals surface area contributed by atoms with Gasteiger partial charge in [-0.2, -0.15) is 30.4 Å². The molecule has 0 aliphatic heterocycles. The molecule has 0 fully saturated rings. The molecule has 568 valence electrons. The van der Waals surface area contributed by atoms with Gasteiger partial charge in [-0.25, -0.2) is 0 Å². The first-order valence-electron chi connectivity index (χ1n) is 34.1. The van der Waals surface area contributed by atoms with Gasteiger partial charge in [-0.1, -0.05) is 31.2 Å². The van der Waals surface area contributed by atoms with E-state index >= 15 is 0 Å². The molecule has 4 rings (SSSR count). The van der Waals surface area contributed by atoms with Crippen LogP contribution in [0.2, 0.25) is 0 Å². The standard InChI is InChI=1S/C71H98N12O19S2/c1-41(67(95)78-44(4)61(89)38-54(45(5)85)71(99)79-43(3)60(88)36-47(69(97)76-39-66(93)94)20-28-64(91)74-33-32-73-56-16-11-14-53-52(56)13-12-17-63(53)104(100,101)102)35-59(87)42(2)77-65(92)29-27-58(86)57(40-84)80-70(98)48(30-34-103-8)37-62(90)55(72)15-9-10-31-75-68(96)46-18-21-49(22-19-46)81-82-50-23-25-51(26-24-50)83(6)7/h11-14,16-19,21-26,41-45,47-48,54-55,57,73,84-85H,9-10,15,20,27-40,72H2,1-8H3,(H,74,91)(H,75,96)(H,76,97)(H,77,92)(H,78,95)(H,79,99)(H,80,98)(H,93,94)(H,100,101,102)/t41-,42+,43+,44+,45-,47-,48-,54+,55+,57+/m1/s1. The lowest BCUT2D eigenvalue weighted by molar-refractivity contribution is -0.139. The SMILES string of the molecule is CSCC[C@H](CC(=O)[C@@H](N)CCCCNC(=O)c1ccc(N=Nc2ccc(N(C)C)cc2)cc1)C(=O)N[C@@H](CO)C(=O)CCC(=O)N[C@@H](C)C(=O)C[C@@H](C)C(=O)N[C@@H](C)C(=O)C[C@H](C(=O)N[C@@H](C)C(=O)C[C@@H](CCC(=O)NCCNc1cccc2c(S(=O)(=O)O)cccc12)C(=O)NCC(=O)O)[C@@H](C)O. The van der Waals surface area contributed by atoms with Gasteiger partial charge in [-0.3, -0.25) is 66.9 Å². The minimum Gasteiger partial charge on any atom is -0.480 e. The molecule has 31 nitrogen and oxygen atoms in total. The van der Waals surface area contributed by atoms with Crippen LogP contribution in [0.15, 0.2) is 100 Å². The number of Topliss-reactive ketones (excluding diaryl/α,β-unsaturated/α-hetero) is 5. The summed E-state index contributed by atoms with van der Waals surface area (Å²) in [6, 6.07) is 17.2. The number of ketones is 5. The average Bonchev–Trinajstić information content (AvgIpc) is 0.786. The zero-order valence-electron chi connectivity index (χ0n) is 59.7. The van der Waals surface area contributed by atoms with E-state index in [-0.39, 0.29) is 67.2 Å². The quantitative estimate of drug-likeness (QED) is 0.0170. The van der Waals surface area contributed by atoms with E-state index in [2.05, 4.69) is 52.8 Å². The lowest BCUT2D eigenvalue weighted by atomic mass is 9.91. The van der Waals surface area contributed by atoms with Crippen LogP contribution in [0.5, 0.6) is 0 Å². The molecule has 104 heavy (non-hydrogen) atoms. The van der Waals surface area contributed by atoms with Crippen molar-refractivity contribution in [2.24, 2.45) is 39.6 Å². The number of carboxylic acid groups (broad SMARTS) is 1. The number of rotatable bonds is 48. The fraction of sp³-hybridized carbons (Fsp3) is 0.507. The number of carboxylic acids is 1. The number of hydrogen-bond acceptors (Lipinski definition) is 23. The van der Waals surface area contributed by atoms with Crippen molar-refractivity contribution in [3.05, 3.63) is 90.5 Å². The highest BCUT2D eigenvalue weighted by Gasteiger charge is 2.34. The van der Waals surface area contributed by atoms with Gasteiger partial charge in [0.05, 0.1) is 54.2 Å². The second-order valence-electron chi connectivity index (χ2n) is 25.6. The molecule has 4 aromatic carbocycles. The summed E-state index contributed by atoms with van der Waals surface area (Å²) in [4.78, 5) is 172. The zero-order valence-corrected chi connectivity index (χ0v) is 61.4. The second-order valence-corrected chi connectivity index (χ2v) is 28.0. The van der Waals surface area contributed by atoms with Crippen molar-refractivity contribution in [1.82, 2.24) is 37.2 Å². The maximum absolute atomic E-state index is 13.5. The van der Waals surface area contributed by atoms with E-state index in [9.17, 15) is 90.6 Å². The number of amides is 7. The highest BCUT2D eigenvalue weighted by atomic mass is 32.2. The molecule has 33 heteroatoms. The average molecular weight is 1490 g/mol. The summed E-state index contributed by atoms with van der Waals surface area (Å²) < 4.78 is 33.4. The van der Waals surface area contributed by atoms with Crippen LogP contribution < -0.4 is 53.2 Å². The van der Waals surface area contributed by atoms with Crippen molar-refractivity contribution < 1.29 is 90.6 Å². The fourth-order valence-corrected chi connectivity index (χ4v) is 11.9. The molecule has 7 amide bonds. The van der Waals surface area contributed by atoms with Crippen molar-refractivity contribution in [2.75, 3.05) is 69.1 Å². The number of nitrogens with zero attached hydrogens (tertiary/aromatic N) is 3. The number of unbranched alkanes of at least 4 members (excludes halogenated alkanes) is 1. The molecule has 0 radical (unpaired) electrons. The van der Waals surface area contributed by atoms with Gasteiger partial charge in [0, 0.05) is 124 Å². The normalized spacial score (nSPS) is 14.3. The van der Waals surface area contributed by atoms with Crippen LogP contribution in [-0.4, -0.2) is 200 Å². The molecule has 14 N–H and O–H groups in total. The number of nitrogens with two attached hydrogens (primary N) is 1. The number of thioether (sulfide) groups is 1. The molecular weight excluding hydrogens is 1390 g/mol. The lowest BCUT2D eigenvalue weighted by Crippen LogP contribution is -2.48. The largest absolute Gasteiger partial charge is 0.480 e. The summed E-state index contributed by atoms with van der Waals surface area (Å²) in [5, 5.41) is 59.8. The van der Waals surface area contributed by atoms with Crippen molar-refractivity contribution in [3.8, 4) is 0 Å². The second kappa shape index (κ2) is 43.6. The number of anilines is 2. The van der Waals surface area contributed by atoms with E-state index < -0.39 is 180 Å². The predicted octanol–water partition coefficient (Wildman–Crippen LogP) is 3.80. The first-order chi connectivity index (χ1) is 49.1. The molecule has 0 heterocycles. The molecular formula is C71H98N12O19S2. The molecule has 4 aromatic rings. The monoisotopic (exact) mass is 1490 g/mol. The number of nitrogens with one attached hydrogen (secondary N) is 8. The summed E-state index contributed by atoms with van der Waals surface area (Å²) in [6.07, 6.45) is -1.43. The molecule has 0 aliphatic carbocycles. The van der Waals surface area contributed by atoms with E-state index in [4.69, 9.17) is 5.73 Å². The highest BCUT2D eigenvalue weighted by Crippen LogP contribution is 2.29. The maximum Gasteiger partial charge on any atom is 0.322 e. The number of carbonyl (C=O) groups is 13. The minimum atomic E-state index is -4.52. The predicted molar refractivity (Wildman–Crippen MR) is 390 cm³/mol. The number of aliphatic carboxylic acids is 1. The topological polar surface area (TPSA) is 487 Å². The third kappa shape index (κ3) is 29.7. The fourth-order valence-electron chi connectivity index (χ4n) is 10.7.